The minimum Gasteiger partial charge on any atom is -0.311 e. The summed E-state index contributed by atoms with van der Waals surface area (Å²) in [6.45, 7) is 0. The third-order valence-corrected chi connectivity index (χ3v) is 2.89. The molecular weight excluding hydrogens is 222 g/mol. The first kappa shape index (κ1) is 13.2. The normalized spacial score (nSPS) is 19.9. The lowest BCUT2D eigenvalue weighted by molar-refractivity contribution is -0.122. The molecule has 2 nitrogen and oxygen atoms in total. The van der Waals surface area contributed by atoms with Gasteiger partial charge in [-0.15, -0.1) is 0 Å². The molecule has 16 heavy (non-hydrogen) atoms. The zero-order valence-corrected chi connectivity index (χ0v) is 10.3. The SMILES string of the molecule is CN[C@H]1CCCCC1=O.Clc1ccccc1. The first-order valence-corrected chi connectivity index (χ1v) is 6.02. The maximum atomic E-state index is 11.0. The Labute approximate surface area is 102 Å². The van der Waals surface area contributed by atoms with Crippen LogP contribution >= 0.6 is 11.6 Å². The predicted octanol–water partition coefficient (Wildman–Crippen LogP) is 3.06. The topological polar surface area (TPSA) is 29.1 Å². The molecule has 0 radical (unpaired) electrons. The molecule has 2 rings (SSSR count). The van der Waals surface area contributed by atoms with Gasteiger partial charge < -0.3 is 5.32 Å². The molecule has 1 saturated carbocycles. The molecule has 0 amide bonds. The third kappa shape index (κ3) is 4.77. The molecule has 0 bridgehead atoms. The maximum absolute atomic E-state index is 11.0. The van der Waals surface area contributed by atoms with Crippen molar-refractivity contribution in [3.05, 3.63) is 35.4 Å². The Morgan fingerprint density at radius 1 is 1.25 bits per heavy atom. The second kappa shape index (κ2) is 7.42. The van der Waals surface area contributed by atoms with E-state index in [1.807, 2.05) is 37.4 Å². The van der Waals surface area contributed by atoms with E-state index < -0.39 is 0 Å². The van der Waals surface area contributed by atoms with Crippen LogP contribution in [0.2, 0.25) is 5.02 Å². The van der Waals surface area contributed by atoms with Crippen LogP contribution in [0.3, 0.4) is 0 Å². The van der Waals surface area contributed by atoms with E-state index in [-0.39, 0.29) is 6.04 Å². The summed E-state index contributed by atoms with van der Waals surface area (Å²) in [6, 6.07) is 9.61. The number of carbonyl (C=O) groups excluding carboxylic acids is 1. The lowest BCUT2D eigenvalue weighted by atomic mass is 9.94. The molecule has 1 aromatic carbocycles. The number of hydrogen-bond donors (Lipinski definition) is 1. The Balaban J connectivity index is 0.000000165. The van der Waals surface area contributed by atoms with E-state index in [2.05, 4.69) is 5.32 Å². The van der Waals surface area contributed by atoms with E-state index in [4.69, 9.17) is 11.6 Å². The van der Waals surface area contributed by atoms with Crippen LogP contribution in [0.15, 0.2) is 30.3 Å². The van der Waals surface area contributed by atoms with Crippen molar-refractivity contribution in [2.45, 2.75) is 31.7 Å². The van der Waals surface area contributed by atoms with E-state index in [0.29, 0.717) is 5.78 Å². The smallest absolute Gasteiger partial charge is 0.149 e. The van der Waals surface area contributed by atoms with Crippen LogP contribution in [0.4, 0.5) is 0 Å². The maximum Gasteiger partial charge on any atom is 0.149 e. The molecule has 0 aromatic heterocycles. The van der Waals surface area contributed by atoms with Crippen molar-refractivity contribution in [3.8, 4) is 0 Å². The van der Waals surface area contributed by atoms with Gasteiger partial charge in [0, 0.05) is 11.4 Å². The number of likely N-dealkylation sites (N-methyl/N-ethyl adjacent to an activating group) is 1. The second-order valence-corrected chi connectivity index (χ2v) is 4.29. The second-order valence-electron chi connectivity index (χ2n) is 3.85. The quantitative estimate of drug-likeness (QED) is 0.816. The minimum atomic E-state index is 0.166. The van der Waals surface area contributed by atoms with E-state index in [9.17, 15) is 4.79 Å². The summed E-state index contributed by atoms with van der Waals surface area (Å²) in [4.78, 5) is 11.0. The summed E-state index contributed by atoms with van der Waals surface area (Å²) in [5.41, 5.74) is 0. The number of halogens is 1. The molecule has 1 aliphatic carbocycles. The molecule has 1 aromatic rings. The number of Topliss-reactive ketones (excluding diaryl/α,β-unsaturated/α-hetero) is 1. The lowest BCUT2D eigenvalue weighted by Gasteiger charge is -2.18. The molecule has 0 unspecified atom stereocenters. The van der Waals surface area contributed by atoms with Crippen LogP contribution in [-0.2, 0) is 4.79 Å². The van der Waals surface area contributed by atoms with E-state index >= 15 is 0 Å². The fourth-order valence-corrected chi connectivity index (χ4v) is 1.85. The van der Waals surface area contributed by atoms with E-state index in [1.54, 1.807) is 0 Å². The van der Waals surface area contributed by atoms with Gasteiger partial charge in [0.1, 0.15) is 5.78 Å². The number of rotatable bonds is 1. The van der Waals surface area contributed by atoms with Crippen LogP contribution in [0.25, 0.3) is 0 Å². The standard InChI is InChI=1S/C7H13NO.C6H5Cl/c1-8-6-4-2-3-5-7(6)9;7-6-4-2-1-3-5-6/h6,8H,2-5H2,1H3;1-5H/t6-;/m0./s1. The number of hydrogen-bond acceptors (Lipinski definition) is 2. The molecule has 0 aliphatic heterocycles. The average molecular weight is 240 g/mol. The predicted molar refractivity (Wildman–Crippen MR) is 67.8 cm³/mol. The first-order chi connectivity index (χ1) is 7.74. The van der Waals surface area contributed by atoms with Gasteiger partial charge >= 0.3 is 0 Å². The summed E-state index contributed by atoms with van der Waals surface area (Å²) >= 11 is 5.54. The fraction of sp³-hybridized carbons (Fsp3) is 0.462. The molecule has 1 fully saturated rings. The Morgan fingerprint density at radius 3 is 2.31 bits per heavy atom. The van der Waals surface area contributed by atoms with Crippen molar-refractivity contribution < 1.29 is 4.79 Å². The van der Waals surface area contributed by atoms with Crippen LogP contribution in [0.5, 0.6) is 0 Å². The molecule has 1 N–H and O–H groups in total. The largest absolute Gasteiger partial charge is 0.311 e. The van der Waals surface area contributed by atoms with Crippen LogP contribution in [0.1, 0.15) is 25.7 Å². The summed E-state index contributed by atoms with van der Waals surface area (Å²) in [7, 11) is 1.86. The van der Waals surface area contributed by atoms with Crippen LogP contribution in [0, 0.1) is 0 Å². The van der Waals surface area contributed by atoms with Gasteiger partial charge in [0.15, 0.2) is 0 Å². The van der Waals surface area contributed by atoms with Gasteiger partial charge in [0.05, 0.1) is 6.04 Å². The Hall–Kier alpha value is -0.860. The number of carbonyl (C=O) groups is 1. The van der Waals surface area contributed by atoms with Gasteiger partial charge in [0.2, 0.25) is 0 Å². The van der Waals surface area contributed by atoms with Crippen LogP contribution < -0.4 is 5.32 Å². The number of benzene rings is 1. The molecule has 3 heteroatoms. The third-order valence-electron chi connectivity index (χ3n) is 2.64. The molecule has 0 heterocycles. The van der Waals surface area contributed by atoms with Gasteiger partial charge in [0.25, 0.3) is 0 Å². The molecule has 0 saturated heterocycles. The van der Waals surface area contributed by atoms with E-state index in [1.165, 1.54) is 6.42 Å². The van der Waals surface area contributed by atoms with Crippen molar-refractivity contribution in [1.29, 1.82) is 0 Å². The summed E-state index contributed by atoms with van der Waals surface area (Å²) in [5, 5.41) is 3.80. The lowest BCUT2D eigenvalue weighted by Crippen LogP contribution is -2.36. The summed E-state index contributed by atoms with van der Waals surface area (Å²) in [6.07, 6.45) is 4.12. The Kier molecular flexibility index (Phi) is 6.12. The highest BCUT2D eigenvalue weighted by molar-refractivity contribution is 6.30. The summed E-state index contributed by atoms with van der Waals surface area (Å²) in [5.74, 6) is 0.392. The van der Waals surface area contributed by atoms with Crippen molar-refractivity contribution in [1.82, 2.24) is 5.32 Å². The molecule has 1 aliphatic rings. The highest BCUT2D eigenvalue weighted by Crippen LogP contribution is 2.13. The zero-order valence-electron chi connectivity index (χ0n) is 9.58. The molecule has 88 valence electrons. The summed E-state index contributed by atoms with van der Waals surface area (Å²) < 4.78 is 0. The van der Waals surface area contributed by atoms with Crippen molar-refractivity contribution in [2.24, 2.45) is 0 Å². The highest BCUT2D eigenvalue weighted by Gasteiger charge is 2.19. The van der Waals surface area contributed by atoms with E-state index in [0.717, 1.165) is 24.3 Å². The van der Waals surface area contributed by atoms with Crippen LogP contribution in [-0.4, -0.2) is 18.9 Å². The van der Waals surface area contributed by atoms with Gasteiger partial charge in [-0.1, -0.05) is 36.2 Å². The Morgan fingerprint density at radius 2 is 1.94 bits per heavy atom. The number of ketones is 1. The van der Waals surface area contributed by atoms with Crippen molar-refractivity contribution in [2.75, 3.05) is 7.05 Å². The fourth-order valence-electron chi connectivity index (χ4n) is 1.70. The molecule has 0 spiro atoms. The minimum absolute atomic E-state index is 0.166. The molecule has 1 atom stereocenters. The highest BCUT2D eigenvalue weighted by atomic mass is 35.5. The number of nitrogens with one attached hydrogen (secondary N) is 1. The van der Waals surface area contributed by atoms with Gasteiger partial charge in [-0.25, -0.2) is 0 Å². The zero-order chi connectivity index (χ0) is 11.8. The monoisotopic (exact) mass is 239 g/mol. The average Bonchev–Trinajstić information content (AvgIpc) is 2.31. The van der Waals surface area contributed by atoms with Gasteiger partial charge in [-0.3, -0.25) is 4.79 Å². The van der Waals surface area contributed by atoms with Crippen molar-refractivity contribution in [3.63, 3.8) is 0 Å². The van der Waals surface area contributed by atoms with Gasteiger partial charge in [-0.2, -0.15) is 0 Å². The Bertz CT molecular complexity index is 313. The molecular formula is C13H18ClNO. The van der Waals surface area contributed by atoms with Gasteiger partial charge in [-0.05, 0) is 32.0 Å². The van der Waals surface area contributed by atoms with Crippen molar-refractivity contribution >= 4 is 17.4 Å². The first-order valence-electron chi connectivity index (χ1n) is 5.64.